The number of benzene rings is 1. The molecule has 1 aliphatic heterocycles. The maximum absolute atomic E-state index is 12.5. The first-order valence-electron chi connectivity index (χ1n) is 8.13. The van der Waals surface area contributed by atoms with Crippen molar-refractivity contribution in [1.29, 1.82) is 0 Å². The summed E-state index contributed by atoms with van der Waals surface area (Å²) in [5.74, 6) is 0.485. The molecule has 0 unspecified atom stereocenters. The Morgan fingerprint density at radius 3 is 2.43 bits per heavy atom. The van der Waals surface area contributed by atoms with Gasteiger partial charge in [-0.25, -0.2) is 0 Å². The molecule has 2 heterocycles. The zero-order valence-electron chi connectivity index (χ0n) is 13.1. The smallest absolute Gasteiger partial charge is 0.222 e. The molecular formula is C19H21NO2S. The molecule has 4 heteroatoms. The maximum Gasteiger partial charge on any atom is 0.222 e. The standard InChI is InChI=1S/C19H21NO2S/c21-18(9-8-17-7-4-14-23-17)20-12-10-16(11-13-20)19(22)15-5-2-1-3-6-15/h1-7,14,16H,8-13H2. The highest BCUT2D eigenvalue weighted by Crippen LogP contribution is 2.22. The lowest BCUT2D eigenvalue weighted by Crippen LogP contribution is -2.40. The summed E-state index contributed by atoms with van der Waals surface area (Å²) in [5, 5.41) is 2.04. The number of carbonyl (C=O) groups is 2. The molecule has 0 N–H and O–H groups in total. The van der Waals surface area contributed by atoms with E-state index in [0.29, 0.717) is 19.5 Å². The van der Waals surface area contributed by atoms with E-state index in [1.165, 1.54) is 4.88 Å². The highest BCUT2D eigenvalue weighted by Gasteiger charge is 2.27. The van der Waals surface area contributed by atoms with Gasteiger partial charge in [-0.15, -0.1) is 11.3 Å². The predicted octanol–water partition coefficient (Wildman–Crippen LogP) is 3.80. The predicted molar refractivity (Wildman–Crippen MR) is 92.7 cm³/mol. The summed E-state index contributed by atoms with van der Waals surface area (Å²) in [6, 6.07) is 13.6. The minimum atomic E-state index is 0.0544. The van der Waals surface area contributed by atoms with Crippen molar-refractivity contribution in [3.05, 3.63) is 58.3 Å². The van der Waals surface area contributed by atoms with E-state index < -0.39 is 0 Å². The van der Waals surface area contributed by atoms with Crippen LogP contribution in [0.3, 0.4) is 0 Å². The van der Waals surface area contributed by atoms with Gasteiger partial charge in [0.2, 0.25) is 5.91 Å². The Morgan fingerprint density at radius 1 is 1.04 bits per heavy atom. The summed E-state index contributed by atoms with van der Waals surface area (Å²) >= 11 is 1.70. The van der Waals surface area contributed by atoms with Gasteiger partial charge in [0, 0.05) is 35.9 Å². The fourth-order valence-electron chi connectivity index (χ4n) is 3.07. The molecule has 3 rings (SSSR count). The molecule has 3 nitrogen and oxygen atoms in total. The van der Waals surface area contributed by atoms with Crippen molar-refractivity contribution in [2.75, 3.05) is 13.1 Å². The van der Waals surface area contributed by atoms with E-state index in [0.717, 1.165) is 24.8 Å². The number of amides is 1. The number of ketones is 1. The Balaban J connectivity index is 1.48. The molecule has 1 fully saturated rings. The third-order valence-electron chi connectivity index (χ3n) is 4.44. The first-order valence-corrected chi connectivity index (χ1v) is 9.01. The molecule has 23 heavy (non-hydrogen) atoms. The first kappa shape index (κ1) is 15.9. The van der Waals surface area contributed by atoms with E-state index in [9.17, 15) is 9.59 Å². The van der Waals surface area contributed by atoms with Crippen LogP contribution in [-0.2, 0) is 11.2 Å². The highest BCUT2D eigenvalue weighted by atomic mass is 32.1. The highest BCUT2D eigenvalue weighted by molar-refractivity contribution is 7.09. The average molecular weight is 327 g/mol. The fraction of sp³-hybridized carbons (Fsp3) is 0.368. The van der Waals surface area contributed by atoms with Crippen LogP contribution < -0.4 is 0 Å². The number of aryl methyl sites for hydroxylation is 1. The lowest BCUT2D eigenvalue weighted by Gasteiger charge is -2.31. The zero-order chi connectivity index (χ0) is 16.1. The number of carbonyl (C=O) groups excluding carboxylic acids is 2. The van der Waals surface area contributed by atoms with Crippen molar-refractivity contribution >= 4 is 23.0 Å². The number of likely N-dealkylation sites (tertiary alicyclic amines) is 1. The van der Waals surface area contributed by atoms with Crippen molar-refractivity contribution in [2.24, 2.45) is 5.92 Å². The Morgan fingerprint density at radius 2 is 1.78 bits per heavy atom. The Bertz CT molecular complexity index is 643. The van der Waals surface area contributed by atoms with Gasteiger partial charge < -0.3 is 4.90 Å². The minimum absolute atomic E-state index is 0.0544. The largest absolute Gasteiger partial charge is 0.343 e. The van der Waals surface area contributed by atoms with Gasteiger partial charge in [0.1, 0.15) is 0 Å². The molecule has 0 saturated carbocycles. The van der Waals surface area contributed by atoms with Gasteiger partial charge in [0.25, 0.3) is 0 Å². The van der Waals surface area contributed by atoms with Crippen molar-refractivity contribution in [3.63, 3.8) is 0 Å². The zero-order valence-corrected chi connectivity index (χ0v) is 13.9. The van der Waals surface area contributed by atoms with Gasteiger partial charge >= 0.3 is 0 Å². The van der Waals surface area contributed by atoms with Gasteiger partial charge in [0.05, 0.1) is 0 Å². The second-order valence-corrected chi connectivity index (χ2v) is 7.00. The molecule has 0 atom stereocenters. The lowest BCUT2D eigenvalue weighted by molar-refractivity contribution is -0.132. The summed E-state index contributed by atoms with van der Waals surface area (Å²) in [4.78, 5) is 27.9. The van der Waals surface area contributed by atoms with Crippen molar-refractivity contribution < 1.29 is 9.59 Å². The van der Waals surface area contributed by atoms with Gasteiger partial charge in [-0.2, -0.15) is 0 Å². The molecule has 0 spiro atoms. The minimum Gasteiger partial charge on any atom is -0.343 e. The second-order valence-electron chi connectivity index (χ2n) is 5.96. The molecule has 120 valence electrons. The molecule has 1 aromatic heterocycles. The summed E-state index contributed by atoms with van der Waals surface area (Å²) in [6.45, 7) is 1.40. The molecule has 0 aliphatic carbocycles. The number of rotatable bonds is 5. The maximum atomic E-state index is 12.5. The third kappa shape index (κ3) is 4.08. The van der Waals surface area contributed by atoms with Crippen LogP contribution in [0.25, 0.3) is 0 Å². The van der Waals surface area contributed by atoms with Crippen LogP contribution in [0.4, 0.5) is 0 Å². The van der Waals surface area contributed by atoms with E-state index >= 15 is 0 Å². The number of thiophene rings is 1. The van der Waals surface area contributed by atoms with Crippen molar-refractivity contribution in [2.45, 2.75) is 25.7 Å². The van der Waals surface area contributed by atoms with E-state index in [-0.39, 0.29) is 17.6 Å². The molecule has 1 aromatic carbocycles. The second kappa shape index (κ2) is 7.55. The number of nitrogens with zero attached hydrogens (tertiary/aromatic N) is 1. The molecule has 1 saturated heterocycles. The normalized spacial score (nSPS) is 15.6. The number of Topliss-reactive ketones (excluding diaryl/α,β-unsaturated/α-hetero) is 1. The first-order chi connectivity index (χ1) is 11.2. The Labute approximate surface area is 140 Å². The molecule has 2 aromatic rings. The van der Waals surface area contributed by atoms with Crippen LogP contribution in [-0.4, -0.2) is 29.7 Å². The topological polar surface area (TPSA) is 37.4 Å². The average Bonchev–Trinajstić information content (AvgIpc) is 3.13. The van der Waals surface area contributed by atoms with Crippen LogP contribution in [0, 0.1) is 5.92 Å². The van der Waals surface area contributed by atoms with Crippen LogP contribution in [0.5, 0.6) is 0 Å². The van der Waals surface area contributed by atoms with E-state index in [2.05, 4.69) is 6.07 Å². The summed E-state index contributed by atoms with van der Waals surface area (Å²) in [6.07, 6.45) is 2.94. The number of piperidine rings is 1. The van der Waals surface area contributed by atoms with Gasteiger partial charge in [-0.05, 0) is 30.7 Å². The number of hydrogen-bond donors (Lipinski definition) is 0. The Hall–Kier alpha value is -1.94. The summed E-state index contributed by atoms with van der Waals surface area (Å²) in [7, 11) is 0. The van der Waals surface area contributed by atoms with Crippen LogP contribution in [0.15, 0.2) is 47.8 Å². The quantitative estimate of drug-likeness (QED) is 0.783. The monoisotopic (exact) mass is 327 g/mol. The summed E-state index contributed by atoms with van der Waals surface area (Å²) in [5.41, 5.74) is 0.787. The summed E-state index contributed by atoms with van der Waals surface area (Å²) < 4.78 is 0. The lowest BCUT2D eigenvalue weighted by atomic mass is 9.89. The van der Waals surface area contributed by atoms with E-state index in [1.54, 1.807) is 11.3 Å². The van der Waals surface area contributed by atoms with Gasteiger partial charge in [-0.3, -0.25) is 9.59 Å². The third-order valence-corrected chi connectivity index (χ3v) is 5.38. The fourth-order valence-corrected chi connectivity index (χ4v) is 3.78. The molecular weight excluding hydrogens is 306 g/mol. The van der Waals surface area contributed by atoms with Crippen LogP contribution in [0.2, 0.25) is 0 Å². The van der Waals surface area contributed by atoms with Gasteiger partial charge in [-0.1, -0.05) is 36.4 Å². The molecule has 0 bridgehead atoms. The molecule has 1 amide bonds. The molecule has 0 radical (unpaired) electrons. The van der Waals surface area contributed by atoms with E-state index in [1.807, 2.05) is 46.7 Å². The SMILES string of the molecule is O=C(c1ccccc1)C1CCN(C(=O)CCc2cccs2)CC1. The van der Waals surface area contributed by atoms with Crippen molar-refractivity contribution in [1.82, 2.24) is 4.90 Å². The van der Waals surface area contributed by atoms with Crippen LogP contribution >= 0.6 is 11.3 Å². The van der Waals surface area contributed by atoms with Crippen LogP contribution in [0.1, 0.15) is 34.5 Å². The van der Waals surface area contributed by atoms with Crippen molar-refractivity contribution in [3.8, 4) is 0 Å². The Kier molecular flexibility index (Phi) is 5.23. The number of hydrogen-bond acceptors (Lipinski definition) is 3. The molecule has 1 aliphatic rings. The van der Waals surface area contributed by atoms with E-state index in [4.69, 9.17) is 0 Å². The van der Waals surface area contributed by atoms with Gasteiger partial charge in [0.15, 0.2) is 5.78 Å².